The molecule has 10 heteroatoms. The Labute approximate surface area is 168 Å². The Hall–Kier alpha value is -3.14. The van der Waals surface area contributed by atoms with Crippen LogP contribution in [0.5, 0.6) is 0 Å². The van der Waals surface area contributed by atoms with Gasteiger partial charge in [0.1, 0.15) is 17.5 Å². The van der Waals surface area contributed by atoms with Crippen molar-refractivity contribution in [1.82, 2.24) is 35.2 Å². The molecule has 0 aliphatic carbocycles. The van der Waals surface area contributed by atoms with Gasteiger partial charge >= 0.3 is 0 Å². The molecule has 0 spiro atoms. The smallest absolute Gasteiger partial charge is 0.243 e. The van der Waals surface area contributed by atoms with E-state index < -0.39 is 0 Å². The molecule has 0 radical (unpaired) electrons. The zero-order valence-electron chi connectivity index (χ0n) is 16.1. The van der Waals surface area contributed by atoms with Gasteiger partial charge in [-0.15, -0.1) is 0 Å². The predicted octanol–water partition coefficient (Wildman–Crippen LogP) is 1.03. The number of carbonyl (C=O) groups is 1. The van der Waals surface area contributed by atoms with Gasteiger partial charge in [-0.2, -0.15) is 15.1 Å². The van der Waals surface area contributed by atoms with Crippen molar-refractivity contribution in [2.45, 2.75) is 37.8 Å². The minimum absolute atomic E-state index is 0.0677. The maximum Gasteiger partial charge on any atom is 0.243 e. The number of H-pyrrole nitrogens is 1. The molecule has 2 aliphatic heterocycles. The van der Waals surface area contributed by atoms with Gasteiger partial charge in [-0.25, -0.2) is 0 Å². The van der Waals surface area contributed by atoms with E-state index in [1.165, 1.54) is 0 Å². The first-order valence-electron chi connectivity index (χ1n) is 10.2. The van der Waals surface area contributed by atoms with Gasteiger partial charge in [0.05, 0.1) is 6.20 Å². The molecule has 0 aromatic carbocycles. The predicted molar refractivity (Wildman–Crippen MR) is 109 cm³/mol. The van der Waals surface area contributed by atoms with E-state index in [-0.39, 0.29) is 18.0 Å². The van der Waals surface area contributed by atoms with Gasteiger partial charge in [0, 0.05) is 31.4 Å². The Bertz CT molecular complexity index is 977. The highest BCUT2D eigenvalue weighted by atomic mass is 16.2. The fraction of sp³-hybridized carbons (Fsp3) is 0.474. The molecule has 1 amide bonds. The maximum absolute atomic E-state index is 13.0. The Morgan fingerprint density at radius 1 is 1.21 bits per heavy atom. The number of piperidine rings is 1. The Balaban J connectivity index is 1.40. The number of aromatic nitrogens is 5. The average Bonchev–Trinajstić information content (AvgIpc) is 3.49. The molecule has 5 rings (SSSR count). The Kier molecular flexibility index (Phi) is 4.76. The molecule has 29 heavy (non-hydrogen) atoms. The second-order valence-corrected chi connectivity index (χ2v) is 7.58. The molecule has 2 atom stereocenters. The molecule has 3 aromatic heterocycles. The normalized spacial score (nSPS) is 22.1. The van der Waals surface area contributed by atoms with Crippen LogP contribution in [0, 0.1) is 0 Å². The van der Waals surface area contributed by atoms with E-state index in [0.29, 0.717) is 11.9 Å². The molecule has 2 saturated heterocycles. The number of nitrogens with zero attached hydrogens (tertiary/aromatic N) is 5. The summed E-state index contributed by atoms with van der Waals surface area (Å²) >= 11 is 0. The fourth-order valence-electron chi connectivity index (χ4n) is 4.13. The second kappa shape index (κ2) is 7.70. The van der Waals surface area contributed by atoms with Gasteiger partial charge in [0.15, 0.2) is 0 Å². The molecular formula is C19H25N9O. The first kappa shape index (κ1) is 17.9. The topological polar surface area (TPSA) is 115 Å². The van der Waals surface area contributed by atoms with Gasteiger partial charge in [0.25, 0.3) is 0 Å². The lowest BCUT2D eigenvalue weighted by molar-refractivity contribution is -0.123. The molecule has 0 saturated carbocycles. The number of rotatable bonds is 5. The monoisotopic (exact) mass is 395 g/mol. The molecule has 10 nitrogen and oxygen atoms in total. The number of anilines is 3. The van der Waals surface area contributed by atoms with Crippen LogP contribution in [-0.2, 0) is 4.79 Å². The van der Waals surface area contributed by atoms with Gasteiger partial charge in [-0.1, -0.05) is 0 Å². The maximum atomic E-state index is 13.0. The number of amides is 1. The Morgan fingerprint density at radius 3 is 3.00 bits per heavy atom. The minimum atomic E-state index is -0.241. The summed E-state index contributed by atoms with van der Waals surface area (Å²) in [6, 6.07) is 5.65. The molecule has 3 aromatic rings. The van der Waals surface area contributed by atoms with Crippen LogP contribution in [0.4, 0.5) is 17.7 Å². The molecule has 0 bridgehead atoms. The third-order valence-corrected chi connectivity index (χ3v) is 5.58. The number of carbonyl (C=O) groups excluding carboxylic acids is 1. The van der Waals surface area contributed by atoms with Crippen molar-refractivity contribution in [1.29, 1.82) is 0 Å². The van der Waals surface area contributed by atoms with Crippen LogP contribution in [0.15, 0.2) is 30.6 Å². The number of aromatic amines is 1. The summed E-state index contributed by atoms with van der Waals surface area (Å²) in [4.78, 5) is 24.4. The van der Waals surface area contributed by atoms with Crippen molar-refractivity contribution in [2.24, 2.45) is 0 Å². The summed E-state index contributed by atoms with van der Waals surface area (Å²) < 4.78 is 1.88. The highest BCUT2D eigenvalue weighted by molar-refractivity contribution is 5.85. The van der Waals surface area contributed by atoms with Gasteiger partial charge < -0.3 is 20.9 Å². The van der Waals surface area contributed by atoms with Crippen LogP contribution >= 0.6 is 0 Å². The average molecular weight is 395 g/mol. The van der Waals surface area contributed by atoms with Gasteiger partial charge in [0.2, 0.25) is 17.8 Å². The SMILES string of the molecule is O=C(N[C@@H]1CCCNC1)[C@@H]1CCCN1c1nc(Nc2ccn[nH]2)n2cccc2n1. The lowest BCUT2D eigenvalue weighted by Crippen LogP contribution is -2.51. The summed E-state index contributed by atoms with van der Waals surface area (Å²) in [7, 11) is 0. The van der Waals surface area contributed by atoms with Crippen molar-refractivity contribution in [3.63, 3.8) is 0 Å². The summed E-state index contributed by atoms with van der Waals surface area (Å²) in [5.74, 6) is 2.00. The van der Waals surface area contributed by atoms with Gasteiger partial charge in [-0.05, 0) is 44.4 Å². The standard InChI is InChI=1S/C19H25N9O/c29-17(22-13-4-1-8-20-12-13)14-5-2-10-27(14)19-24-16-6-3-11-28(16)18(25-19)23-15-7-9-21-26-15/h3,6-7,9,11,13-14,20H,1-2,4-5,8,10,12H2,(H,22,29)(H2,21,23,24,25,26)/t13-,14+/m1/s1. The Morgan fingerprint density at radius 2 is 2.17 bits per heavy atom. The fourth-order valence-corrected chi connectivity index (χ4v) is 4.13. The van der Waals surface area contributed by atoms with E-state index in [4.69, 9.17) is 9.97 Å². The molecule has 0 unspecified atom stereocenters. The summed E-state index contributed by atoms with van der Waals surface area (Å²) in [6.45, 7) is 2.63. The van der Waals surface area contributed by atoms with Crippen molar-refractivity contribution < 1.29 is 4.79 Å². The van der Waals surface area contributed by atoms with E-state index in [2.05, 4.69) is 26.1 Å². The quantitative estimate of drug-likeness (QED) is 0.510. The van der Waals surface area contributed by atoms with Crippen LogP contribution in [0.25, 0.3) is 5.65 Å². The van der Waals surface area contributed by atoms with E-state index >= 15 is 0 Å². The zero-order chi connectivity index (χ0) is 19.6. The van der Waals surface area contributed by atoms with Crippen molar-refractivity contribution in [3.8, 4) is 0 Å². The molecule has 5 heterocycles. The van der Waals surface area contributed by atoms with Crippen LogP contribution in [0.2, 0.25) is 0 Å². The largest absolute Gasteiger partial charge is 0.350 e. The lowest BCUT2D eigenvalue weighted by atomic mass is 10.1. The number of nitrogens with one attached hydrogen (secondary N) is 4. The molecule has 2 fully saturated rings. The molecule has 152 valence electrons. The van der Waals surface area contributed by atoms with Crippen molar-refractivity contribution in [2.75, 3.05) is 29.9 Å². The summed E-state index contributed by atoms with van der Waals surface area (Å²) in [5, 5.41) is 16.7. The second-order valence-electron chi connectivity index (χ2n) is 7.58. The summed E-state index contributed by atoms with van der Waals surface area (Å²) in [5.41, 5.74) is 0.777. The number of hydrogen-bond acceptors (Lipinski definition) is 7. The van der Waals surface area contributed by atoms with E-state index in [9.17, 15) is 4.79 Å². The minimum Gasteiger partial charge on any atom is -0.350 e. The number of fused-ring (bicyclic) bond motifs is 1. The summed E-state index contributed by atoms with van der Waals surface area (Å²) in [6.07, 6.45) is 7.46. The molecule has 2 aliphatic rings. The molecular weight excluding hydrogens is 370 g/mol. The molecule has 4 N–H and O–H groups in total. The first-order valence-corrected chi connectivity index (χ1v) is 10.2. The van der Waals surface area contributed by atoms with Crippen LogP contribution in [-0.4, -0.2) is 62.2 Å². The third kappa shape index (κ3) is 3.63. The lowest BCUT2D eigenvalue weighted by Gasteiger charge is -2.28. The van der Waals surface area contributed by atoms with Crippen LogP contribution in [0.1, 0.15) is 25.7 Å². The number of hydrogen-bond donors (Lipinski definition) is 4. The van der Waals surface area contributed by atoms with E-state index in [0.717, 1.165) is 56.8 Å². The van der Waals surface area contributed by atoms with E-state index in [1.54, 1.807) is 6.20 Å². The third-order valence-electron chi connectivity index (χ3n) is 5.58. The highest BCUT2D eigenvalue weighted by Crippen LogP contribution is 2.26. The van der Waals surface area contributed by atoms with Crippen molar-refractivity contribution >= 4 is 29.3 Å². The van der Waals surface area contributed by atoms with Crippen LogP contribution < -0.4 is 20.9 Å². The highest BCUT2D eigenvalue weighted by Gasteiger charge is 2.34. The van der Waals surface area contributed by atoms with Crippen LogP contribution in [0.3, 0.4) is 0 Å². The van der Waals surface area contributed by atoms with Crippen molar-refractivity contribution in [3.05, 3.63) is 30.6 Å². The van der Waals surface area contributed by atoms with Gasteiger partial charge in [-0.3, -0.25) is 14.3 Å². The first-order chi connectivity index (χ1) is 14.3. The van der Waals surface area contributed by atoms with E-state index in [1.807, 2.05) is 33.7 Å². The zero-order valence-corrected chi connectivity index (χ0v) is 16.1.